The van der Waals surface area contributed by atoms with E-state index in [1.165, 1.54) is 12.6 Å². The fourth-order valence-electron chi connectivity index (χ4n) is 1.13. The van der Waals surface area contributed by atoms with Crippen LogP contribution in [0.2, 0.25) is 0 Å². The molecule has 1 aromatic carbocycles. The zero-order valence-corrected chi connectivity index (χ0v) is 9.63. The van der Waals surface area contributed by atoms with Crippen LogP contribution in [0.15, 0.2) is 35.9 Å². The van der Waals surface area contributed by atoms with E-state index in [-0.39, 0.29) is 0 Å². The Morgan fingerprint density at radius 2 is 2.00 bits per heavy atom. The number of benzene rings is 1. The van der Waals surface area contributed by atoms with Crippen LogP contribution in [0.1, 0.15) is 5.56 Å². The van der Waals surface area contributed by atoms with E-state index >= 15 is 0 Å². The first-order valence-electron chi connectivity index (χ1n) is 4.28. The molecule has 0 N–H and O–H groups in total. The number of carbonyl (C=O) groups is 1. The summed E-state index contributed by atoms with van der Waals surface area (Å²) in [5, 5.41) is -0.880. The van der Waals surface area contributed by atoms with Crippen molar-refractivity contribution in [3.05, 3.63) is 41.4 Å². The van der Waals surface area contributed by atoms with Gasteiger partial charge in [-0.25, -0.2) is 0 Å². The number of carbonyl (C=O) groups excluding carboxylic acids is 1. The lowest BCUT2D eigenvalue weighted by Crippen LogP contribution is -2.17. The number of esters is 1. The number of rotatable bonds is 3. The van der Waals surface area contributed by atoms with Crippen LogP contribution >= 0.6 is 23.2 Å². The second-order valence-corrected chi connectivity index (χ2v) is 3.47. The van der Waals surface area contributed by atoms with Crippen molar-refractivity contribution in [2.45, 2.75) is 5.38 Å². The third kappa shape index (κ3) is 2.98. The van der Waals surface area contributed by atoms with Crippen molar-refractivity contribution in [2.75, 3.05) is 7.11 Å². The molecule has 0 spiro atoms. The van der Waals surface area contributed by atoms with Crippen LogP contribution in [0.5, 0.6) is 0 Å². The maximum absolute atomic E-state index is 11.2. The van der Waals surface area contributed by atoms with Crippen LogP contribution in [-0.2, 0) is 9.53 Å². The molecule has 0 bridgehead atoms. The summed E-state index contributed by atoms with van der Waals surface area (Å²) in [6.45, 7) is 0. The average Bonchev–Trinajstić information content (AvgIpc) is 2.30. The summed E-state index contributed by atoms with van der Waals surface area (Å²) in [5.74, 6) is -0.521. The van der Waals surface area contributed by atoms with Gasteiger partial charge in [-0.2, -0.15) is 0 Å². The zero-order valence-electron chi connectivity index (χ0n) is 8.11. The van der Waals surface area contributed by atoms with E-state index in [9.17, 15) is 4.79 Å². The lowest BCUT2D eigenvalue weighted by molar-refractivity contribution is -0.138. The van der Waals surface area contributed by atoms with Gasteiger partial charge >= 0.3 is 5.97 Å². The van der Waals surface area contributed by atoms with Gasteiger partial charge in [-0.15, -0.1) is 11.6 Å². The molecule has 0 aromatic heterocycles. The van der Waals surface area contributed by atoms with Crippen LogP contribution in [0.25, 0.3) is 5.57 Å². The van der Waals surface area contributed by atoms with E-state index in [1.807, 2.05) is 30.3 Å². The Hall–Kier alpha value is -0.990. The maximum atomic E-state index is 11.2. The van der Waals surface area contributed by atoms with Crippen LogP contribution in [-0.4, -0.2) is 18.5 Å². The van der Waals surface area contributed by atoms with E-state index in [0.29, 0.717) is 5.57 Å². The molecule has 80 valence electrons. The van der Waals surface area contributed by atoms with Gasteiger partial charge in [0.1, 0.15) is 0 Å². The molecule has 0 saturated heterocycles. The van der Waals surface area contributed by atoms with Crippen LogP contribution in [0.3, 0.4) is 0 Å². The second kappa shape index (κ2) is 5.79. The summed E-state index contributed by atoms with van der Waals surface area (Å²) in [7, 11) is 1.29. The van der Waals surface area contributed by atoms with E-state index < -0.39 is 11.3 Å². The summed E-state index contributed by atoms with van der Waals surface area (Å²) in [5.41, 5.74) is 2.63. The summed E-state index contributed by atoms with van der Waals surface area (Å²) in [6, 6.07) is 9.21. The molecule has 1 unspecified atom stereocenters. The monoisotopic (exact) mass is 244 g/mol. The zero-order chi connectivity index (χ0) is 11.3. The molecule has 15 heavy (non-hydrogen) atoms. The smallest absolute Gasteiger partial charge is 0.328 e. The molecule has 1 aromatic rings. The first kappa shape index (κ1) is 12.1. The van der Waals surface area contributed by atoms with Crippen molar-refractivity contribution in [1.29, 1.82) is 0 Å². The molecule has 0 saturated carbocycles. The molecule has 0 radical (unpaired) electrons. The third-order valence-corrected chi connectivity index (χ3v) is 2.55. The van der Waals surface area contributed by atoms with E-state index in [2.05, 4.69) is 4.74 Å². The summed E-state index contributed by atoms with van der Waals surface area (Å²) in [4.78, 5) is 11.2. The van der Waals surface area contributed by atoms with Crippen molar-refractivity contribution >= 4 is 34.7 Å². The SMILES string of the molecule is COC(=O)C(Cl)/C(=C/Cl)c1ccccc1. The van der Waals surface area contributed by atoms with Crippen LogP contribution in [0.4, 0.5) is 0 Å². The number of hydrogen-bond donors (Lipinski definition) is 0. The minimum Gasteiger partial charge on any atom is -0.468 e. The molecule has 1 rings (SSSR count). The highest BCUT2D eigenvalue weighted by Gasteiger charge is 2.21. The van der Waals surface area contributed by atoms with Crippen molar-refractivity contribution in [3.8, 4) is 0 Å². The highest BCUT2D eigenvalue weighted by Crippen LogP contribution is 2.24. The molecule has 0 aliphatic rings. The van der Waals surface area contributed by atoms with Crippen LogP contribution in [0, 0.1) is 0 Å². The lowest BCUT2D eigenvalue weighted by Gasteiger charge is -2.11. The highest BCUT2D eigenvalue weighted by atomic mass is 35.5. The van der Waals surface area contributed by atoms with Crippen molar-refractivity contribution in [1.82, 2.24) is 0 Å². The largest absolute Gasteiger partial charge is 0.468 e. The molecule has 0 aliphatic heterocycles. The number of hydrogen-bond acceptors (Lipinski definition) is 2. The molecule has 4 heteroatoms. The quantitative estimate of drug-likeness (QED) is 0.604. The standard InChI is InChI=1S/C11H10Cl2O2/c1-15-11(14)10(13)9(7-12)8-5-3-2-4-6-8/h2-7,10H,1H3/b9-7+. The molecule has 0 aliphatic carbocycles. The minimum absolute atomic E-state index is 0.521. The van der Waals surface area contributed by atoms with E-state index in [0.717, 1.165) is 5.56 Å². The molecule has 2 nitrogen and oxygen atoms in total. The summed E-state index contributed by atoms with van der Waals surface area (Å²) >= 11 is 11.5. The number of ether oxygens (including phenoxy) is 1. The Balaban J connectivity index is 2.96. The van der Waals surface area contributed by atoms with Gasteiger partial charge in [-0.1, -0.05) is 41.9 Å². The molecule has 0 fully saturated rings. The molecular formula is C11H10Cl2O2. The predicted molar refractivity (Wildman–Crippen MR) is 61.9 cm³/mol. The Bertz CT molecular complexity index is 360. The van der Waals surface area contributed by atoms with Crippen molar-refractivity contribution in [2.24, 2.45) is 0 Å². The Kier molecular flexibility index (Phi) is 4.66. The molecule has 0 amide bonds. The summed E-state index contributed by atoms with van der Waals surface area (Å²) < 4.78 is 4.55. The average molecular weight is 245 g/mol. The topological polar surface area (TPSA) is 26.3 Å². The third-order valence-electron chi connectivity index (χ3n) is 1.91. The summed E-state index contributed by atoms with van der Waals surface area (Å²) in [6.07, 6.45) is 0. The number of halogens is 2. The fraction of sp³-hybridized carbons (Fsp3) is 0.182. The van der Waals surface area contributed by atoms with Gasteiger partial charge in [0.15, 0.2) is 5.38 Å². The second-order valence-electron chi connectivity index (χ2n) is 2.82. The van der Waals surface area contributed by atoms with Gasteiger partial charge < -0.3 is 4.74 Å². The number of alkyl halides is 1. The molecular weight excluding hydrogens is 235 g/mol. The van der Waals surface area contributed by atoms with Gasteiger partial charge in [0, 0.05) is 5.54 Å². The maximum Gasteiger partial charge on any atom is 0.328 e. The van der Waals surface area contributed by atoms with E-state index in [4.69, 9.17) is 23.2 Å². The molecule has 1 atom stereocenters. The van der Waals surface area contributed by atoms with Gasteiger partial charge in [-0.05, 0) is 11.1 Å². The number of methoxy groups -OCH3 is 1. The Morgan fingerprint density at radius 1 is 1.40 bits per heavy atom. The first-order valence-corrected chi connectivity index (χ1v) is 5.15. The predicted octanol–water partition coefficient (Wildman–Crippen LogP) is 3.05. The lowest BCUT2D eigenvalue weighted by atomic mass is 10.0. The van der Waals surface area contributed by atoms with Gasteiger partial charge in [0.2, 0.25) is 0 Å². The normalized spacial score (nSPS) is 13.4. The van der Waals surface area contributed by atoms with Crippen LogP contribution < -0.4 is 0 Å². The van der Waals surface area contributed by atoms with Crippen molar-refractivity contribution in [3.63, 3.8) is 0 Å². The highest BCUT2D eigenvalue weighted by molar-refractivity contribution is 6.39. The Labute approximate surface area is 98.4 Å². The fourth-order valence-corrected chi connectivity index (χ4v) is 1.72. The first-order chi connectivity index (χ1) is 7.20. The molecule has 0 heterocycles. The Morgan fingerprint density at radius 3 is 2.47 bits per heavy atom. The minimum atomic E-state index is -0.880. The van der Waals surface area contributed by atoms with Gasteiger partial charge in [-0.3, -0.25) is 4.79 Å². The van der Waals surface area contributed by atoms with Gasteiger partial charge in [0.05, 0.1) is 7.11 Å². The van der Waals surface area contributed by atoms with Crippen molar-refractivity contribution < 1.29 is 9.53 Å². The van der Waals surface area contributed by atoms with Gasteiger partial charge in [0.25, 0.3) is 0 Å². The van der Waals surface area contributed by atoms with E-state index in [1.54, 1.807) is 0 Å².